The molecule has 94 valence electrons. The zero-order valence-corrected chi connectivity index (χ0v) is 10.0. The molecule has 1 saturated heterocycles. The SMILES string of the molecule is O=C1CCCN1C(=O)c1cc([N+](=O)[O-])ccc1Cl. The van der Waals surface area contributed by atoms with E-state index < -0.39 is 10.8 Å². The molecule has 2 rings (SSSR count). The number of hydrogen-bond donors (Lipinski definition) is 0. The van der Waals surface area contributed by atoms with Crippen molar-refractivity contribution in [1.82, 2.24) is 4.90 Å². The van der Waals surface area contributed by atoms with Gasteiger partial charge in [-0.2, -0.15) is 0 Å². The summed E-state index contributed by atoms with van der Waals surface area (Å²) in [4.78, 5) is 34.6. The van der Waals surface area contributed by atoms with Crippen LogP contribution in [0.5, 0.6) is 0 Å². The van der Waals surface area contributed by atoms with E-state index in [1.54, 1.807) is 0 Å². The van der Waals surface area contributed by atoms with E-state index in [1.165, 1.54) is 12.1 Å². The van der Waals surface area contributed by atoms with Gasteiger partial charge in [0.1, 0.15) is 0 Å². The molecule has 2 amide bonds. The molecule has 0 unspecified atom stereocenters. The number of halogens is 1. The molecule has 0 bridgehead atoms. The van der Waals surface area contributed by atoms with Crippen molar-refractivity contribution < 1.29 is 14.5 Å². The van der Waals surface area contributed by atoms with E-state index in [0.717, 1.165) is 11.0 Å². The highest BCUT2D eigenvalue weighted by molar-refractivity contribution is 6.34. The number of amides is 2. The molecule has 1 aliphatic heterocycles. The Morgan fingerprint density at radius 2 is 2.17 bits per heavy atom. The van der Waals surface area contributed by atoms with Gasteiger partial charge in [-0.25, -0.2) is 0 Å². The quantitative estimate of drug-likeness (QED) is 0.467. The minimum atomic E-state index is -0.612. The smallest absolute Gasteiger partial charge is 0.270 e. The normalized spacial score (nSPS) is 14.9. The van der Waals surface area contributed by atoms with Gasteiger partial charge in [-0.3, -0.25) is 24.6 Å². The first-order chi connectivity index (χ1) is 8.50. The zero-order valence-electron chi connectivity index (χ0n) is 9.26. The van der Waals surface area contributed by atoms with E-state index in [1.807, 2.05) is 0 Å². The molecule has 1 heterocycles. The predicted molar refractivity (Wildman–Crippen MR) is 63.4 cm³/mol. The number of likely N-dealkylation sites (tertiary alicyclic amines) is 1. The maximum absolute atomic E-state index is 12.1. The Hall–Kier alpha value is -1.95. The first kappa shape index (κ1) is 12.5. The molecule has 0 saturated carbocycles. The zero-order chi connectivity index (χ0) is 13.3. The molecular formula is C11H9ClN2O4. The Bertz CT molecular complexity index is 544. The number of nitro groups is 1. The van der Waals surface area contributed by atoms with Crippen LogP contribution < -0.4 is 0 Å². The van der Waals surface area contributed by atoms with Gasteiger partial charge in [0, 0.05) is 25.1 Å². The Morgan fingerprint density at radius 3 is 2.72 bits per heavy atom. The summed E-state index contributed by atoms with van der Waals surface area (Å²) in [6.07, 6.45) is 0.926. The van der Waals surface area contributed by atoms with Gasteiger partial charge >= 0.3 is 0 Å². The van der Waals surface area contributed by atoms with Gasteiger partial charge in [0.15, 0.2) is 0 Å². The van der Waals surface area contributed by atoms with Crippen LogP contribution >= 0.6 is 11.6 Å². The fraction of sp³-hybridized carbons (Fsp3) is 0.273. The number of non-ortho nitro benzene ring substituents is 1. The second-order valence-corrected chi connectivity index (χ2v) is 4.28. The lowest BCUT2D eigenvalue weighted by Gasteiger charge is -2.14. The summed E-state index contributed by atoms with van der Waals surface area (Å²) in [5.74, 6) is -0.853. The van der Waals surface area contributed by atoms with Crippen molar-refractivity contribution in [2.75, 3.05) is 6.54 Å². The molecule has 18 heavy (non-hydrogen) atoms. The minimum absolute atomic E-state index is 0.0129. The van der Waals surface area contributed by atoms with Crippen LogP contribution in [0.15, 0.2) is 18.2 Å². The van der Waals surface area contributed by atoms with Gasteiger partial charge in [-0.1, -0.05) is 11.6 Å². The highest BCUT2D eigenvalue weighted by atomic mass is 35.5. The number of benzene rings is 1. The number of hydrogen-bond acceptors (Lipinski definition) is 4. The van der Waals surface area contributed by atoms with Crippen LogP contribution in [-0.4, -0.2) is 28.2 Å². The molecule has 6 nitrogen and oxygen atoms in total. The molecular weight excluding hydrogens is 260 g/mol. The molecule has 1 aliphatic rings. The lowest BCUT2D eigenvalue weighted by Crippen LogP contribution is -2.32. The van der Waals surface area contributed by atoms with Crippen molar-refractivity contribution in [3.63, 3.8) is 0 Å². The molecule has 1 aromatic carbocycles. The lowest BCUT2D eigenvalue weighted by molar-refractivity contribution is -0.384. The van der Waals surface area contributed by atoms with Crippen LogP contribution in [0.4, 0.5) is 5.69 Å². The van der Waals surface area contributed by atoms with Crippen LogP contribution in [0.3, 0.4) is 0 Å². The third-order valence-electron chi connectivity index (χ3n) is 2.71. The molecule has 0 atom stereocenters. The third kappa shape index (κ3) is 2.19. The number of nitrogens with zero attached hydrogens (tertiary/aromatic N) is 2. The van der Waals surface area contributed by atoms with Crippen LogP contribution in [0.2, 0.25) is 5.02 Å². The van der Waals surface area contributed by atoms with E-state index in [-0.39, 0.29) is 22.2 Å². The van der Waals surface area contributed by atoms with Crippen LogP contribution in [0.1, 0.15) is 23.2 Å². The summed E-state index contributed by atoms with van der Waals surface area (Å²) < 4.78 is 0. The predicted octanol–water partition coefficient (Wildman–Crippen LogP) is 2.01. The van der Waals surface area contributed by atoms with Gasteiger partial charge in [0.05, 0.1) is 15.5 Å². The van der Waals surface area contributed by atoms with Crippen LogP contribution in [0.25, 0.3) is 0 Å². The number of rotatable bonds is 2. The van der Waals surface area contributed by atoms with Crippen molar-refractivity contribution in [3.8, 4) is 0 Å². The van der Waals surface area contributed by atoms with Crippen molar-refractivity contribution in [1.29, 1.82) is 0 Å². The minimum Gasteiger partial charge on any atom is -0.278 e. The Morgan fingerprint density at radius 1 is 1.44 bits per heavy atom. The Kier molecular flexibility index (Phi) is 3.29. The summed E-state index contributed by atoms with van der Waals surface area (Å²) in [6, 6.07) is 3.59. The second-order valence-electron chi connectivity index (χ2n) is 3.88. The van der Waals surface area contributed by atoms with Crippen molar-refractivity contribution in [2.45, 2.75) is 12.8 Å². The number of carbonyl (C=O) groups is 2. The van der Waals surface area contributed by atoms with Crippen molar-refractivity contribution in [2.24, 2.45) is 0 Å². The summed E-state index contributed by atoms with van der Waals surface area (Å²) >= 11 is 5.84. The van der Waals surface area contributed by atoms with Gasteiger partial charge < -0.3 is 0 Å². The number of nitro benzene ring substituents is 1. The second kappa shape index (κ2) is 4.73. The first-order valence-corrected chi connectivity index (χ1v) is 5.67. The summed E-state index contributed by atoms with van der Waals surface area (Å²) in [5, 5.41) is 10.7. The maximum atomic E-state index is 12.1. The summed E-state index contributed by atoms with van der Waals surface area (Å²) in [7, 11) is 0. The molecule has 0 radical (unpaired) electrons. The monoisotopic (exact) mass is 268 g/mol. The van der Waals surface area contributed by atoms with E-state index in [2.05, 4.69) is 0 Å². The maximum Gasteiger partial charge on any atom is 0.270 e. The lowest BCUT2D eigenvalue weighted by atomic mass is 10.1. The van der Waals surface area contributed by atoms with Crippen molar-refractivity contribution in [3.05, 3.63) is 38.9 Å². The fourth-order valence-electron chi connectivity index (χ4n) is 1.80. The Balaban J connectivity index is 2.37. The van der Waals surface area contributed by atoms with Gasteiger partial charge in [-0.05, 0) is 12.5 Å². The van der Waals surface area contributed by atoms with E-state index in [0.29, 0.717) is 19.4 Å². The average molecular weight is 269 g/mol. The van der Waals surface area contributed by atoms with Gasteiger partial charge in [0.25, 0.3) is 11.6 Å². The van der Waals surface area contributed by atoms with Crippen molar-refractivity contribution >= 4 is 29.1 Å². The van der Waals surface area contributed by atoms with Crippen LogP contribution in [0, 0.1) is 10.1 Å². The van der Waals surface area contributed by atoms with Crippen LogP contribution in [-0.2, 0) is 4.79 Å². The van der Waals surface area contributed by atoms with E-state index >= 15 is 0 Å². The van der Waals surface area contributed by atoms with E-state index in [4.69, 9.17) is 11.6 Å². The molecule has 1 aromatic rings. The fourth-order valence-corrected chi connectivity index (χ4v) is 2.00. The summed E-state index contributed by atoms with van der Waals surface area (Å²) in [5.41, 5.74) is -0.240. The largest absolute Gasteiger partial charge is 0.278 e. The first-order valence-electron chi connectivity index (χ1n) is 5.29. The topological polar surface area (TPSA) is 80.5 Å². The van der Waals surface area contributed by atoms with E-state index in [9.17, 15) is 19.7 Å². The molecule has 7 heteroatoms. The Labute approximate surface area is 107 Å². The third-order valence-corrected chi connectivity index (χ3v) is 3.04. The highest BCUT2D eigenvalue weighted by Crippen LogP contribution is 2.25. The average Bonchev–Trinajstić information content (AvgIpc) is 2.75. The summed E-state index contributed by atoms with van der Waals surface area (Å²) in [6.45, 7) is 0.330. The number of imide groups is 1. The van der Waals surface area contributed by atoms with Gasteiger partial charge in [0.2, 0.25) is 5.91 Å². The molecule has 0 spiro atoms. The molecule has 1 fully saturated rings. The highest BCUT2D eigenvalue weighted by Gasteiger charge is 2.29. The molecule has 0 N–H and O–H groups in total. The number of carbonyl (C=O) groups excluding carboxylic acids is 2. The van der Waals surface area contributed by atoms with Gasteiger partial charge in [-0.15, -0.1) is 0 Å². The molecule has 0 aliphatic carbocycles. The standard InChI is InChI=1S/C11H9ClN2O4/c12-9-4-3-7(14(17)18)6-8(9)11(16)13-5-1-2-10(13)15/h3-4,6H,1-2,5H2. The molecule has 0 aromatic heterocycles.